The molecule has 2 aliphatic rings. The third kappa shape index (κ3) is 12.6. The number of nitrogens with zero attached hydrogens (tertiary/aromatic N) is 1. The number of phenolic OH excluding ortho intramolecular Hbond substituents is 1. The summed E-state index contributed by atoms with van der Waals surface area (Å²) in [5.74, 6) is 0.979. The first kappa shape index (κ1) is 34.6. The second-order valence-corrected chi connectivity index (χ2v) is 14.2. The largest absolute Gasteiger partial charge is 0.506 e. The number of phenols is 1. The summed E-state index contributed by atoms with van der Waals surface area (Å²) in [6.45, 7) is 3.35. The zero-order chi connectivity index (χ0) is 32.1. The van der Waals surface area contributed by atoms with Crippen molar-refractivity contribution in [2.75, 3.05) is 55.6 Å². The first-order valence-electron chi connectivity index (χ1n) is 16.4. The van der Waals surface area contributed by atoms with E-state index in [-0.39, 0.29) is 24.1 Å². The average molecular weight is 646 g/mol. The zero-order valence-corrected chi connectivity index (χ0v) is 27.3. The average Bonchev–Trinajstić information content (AvgIpc) is 3.02. The summed E-state index contributed by atoms with van der Waals surface area (Å²) < 4.78 is 30.7. The van der Waals surface area contributed by atoms with Crippen LogP contribution in [0.5, 0.6) is 11.5 Å². The van der Waals surface area contributed by atoms with Crippen molar-refractivity contribution in [3.63, 3.8) is 0 Å². The first-order chi connectivity index (χ1) is 21.6. The minimum atomic E-state index is -3.55. The molecule has 1 saturated carbocycles. The molecule has 0 radical (unpaired) electrons. The number of rotatable bonds is 16. The first-order valence-corrected chi connectivity index (χ1v) is 18.2. The zero-order valence-electron chi connectivity index (χ0n) is 26.5. The third-order valence-corrected chi connectivity index (χ3v) is 9.16. The van der Waals surface area contributed by atoms with Gasteiger partial charge in [0.05, 0.1) is 11.9 Å². The molecule has 1 aliphatic carbocycles. The molecule has 11 nitrogen and oxygen atoms in total. The van der Waals surface area contributed by atoms with Gasteiger partial charge < -0.3 is 35.8 Å². The molecule has 0 spiro atoms. The Morgan fingerprint density at radius 2 is 1.76 bits per heavy atom. The lowest BCUT2D eigenvalue weighted by Gasteiger charge is -2.33. The molecular formula is C33H51N5O6S. The van der Waals surface area contributed by atoms with Crippen LogP contribution in [0.1, 0.15) is 63.4 Å². The highest BCUT2D eigenvalue weighted by atomic mass is 32.2. The van der Waals surface area contributed by atoms with Gasteiger partial charge in [0.25, 0.3) is 0 Å². The van der Waals surface area contributed by atoms with E-state index in [1.807, 2.05) is 4.90 Å². The molecule has 45 heavy (non-hydrogen) atoms. The normalized spacial score (nSPS) is 17.1. The van der Waals surface area contributed by atoms with E-state index in [1.54, 1.807) is 0 Å². The van der Waals surface area contributed by atoms with Gasteiger partial charge in [-0.25, -0.2) is 13.2 Å². The van der Waals surface area contributed by atoms with Crippen molar-refractivity contribution in [2.45, 2.75) is 76.4 Å². The summed E-state index contributed by atoms with van der Waals surface area (Å²) >= 11 is 0. The van der Waals surface area contributed by atoms with E-state index in [1.165, 1.54) is 62.3 Å². The predicted molar refractivity (Wildman–Crippen MR) is 179 cm³/mol. The van der Waals surface area contributed by atoms with Gasteiger partial charge in [-0.15, -0.1) is 0 Å². The molecule has 0 bridgehead atoms. The number of carbonyl (C=O) groups is 1. The van der Waals surface area contributed by atoms with Crippen LogP contribution < -0.4 is 25.4 Å². The molecule has 2 amide bonds. The van der Waals surface area contributed by atoms with Gasteiger partial charge in [-0.05, 0) is 74.4 Å². The van der Waals surface area contributed by atoms with Crippen molar-refractivity contribution in [2.24, 2.45) is 5.92 Å². The van der Waals surface area contributed by atoms with Gasteiger partial charge in [-0.1, -0.05) is 44.2 Å². The lowest BCUT2D eigenvalue weighted by Crippen LogP contribution is -2.47. The number of hydrogen-bond acceptors (Lipinski definition) is 8. The van der Waals surface area contributed by atoms with Gasteiger partial charge in [0, 0.05) is 44.0 Å². The highest BCUT2D eigenvalue weighted by Gasteiger charge is 2.22. The van der Waals surface area contributed by atoms with Crippen LogP contribution >= 0.6 is 0 Å². The molecule has 1 aliphatic heterocycles. The third-order valence-electron chi connectivity index (χ3n) is 8.57. The smallest absolute Gasteiger partial charge is 0.317 e. The van der Waals surface area contributed by atoms with E-state index in [0.29, 0.717) is 24.9 Å². The number of carbonyl (C=O) groups excluding carboxylic acids is 1. The summed E-state index contributed by atoms with van der Waals surface area (Å²) in [7, 11) is -3.55. The van der Waals surface area contributed by atoms with E-state index in [2.05, 4.69) is 44.9 Å². The number of nitrogens with one attached hydrogen (secondary N) is 4. The Morgan fingerprint density at radius 1 is 1.02 bits per heavy atom. The second-order valence-electron chi connectivity index (χ2n) is 12.5. The van der Waals surface area contributed by atoms with Crippen molar-refractivity contribution < 1.29 is 28.2 Å². The lowest BCUT2D eigenvalue weighted by molar-refractivity contribution is 0.106. The number of amides is 2. The van der Waals surface area contributed by atoms with Crippen LogP contribution in [0.4, 0.5) is 16.2 Å². The van der Waals surface area contributed by atoms with Crippen molar-refractivity contribution in [3.8, 4) is 11.5 Å². The molecule has 2 aromatic rings. The van der Waals surface area contributed by atoms with Crippen molar-refractivity contribution in [3.05, 3.63) is 48.0 Å². The number of hydrogen-bond donors (Lipinski definition) is 6. The van der Waals surface area contributed by atoms with Gasteiger partial charge in [0.2, 0.25) is 10.0 Å². The number of urea groups is 1. The fourth-order valence-electron chi connectivity index (χ4n) is 6.04. The minimum absolute atomic E-state index is 0.0143. The Kier molecular flexibility index (Phi) is 13.5. The van der Waals surface area contributed by atoms with Crippen LogP contribution in [0, 0.1) is 5.92 Å². The standard InChI is InChI=1S/C33H51N5O6S/c1-45(42,43)37-31-22-30(13-14-32(31)40)44-24-29(39)23-34-19-15-26-9-11-27(12-10-26)36-28-16-20-38(21-17-28)33(41)35-18-5-8-25-6-3-2-4-7-25/h9-14,22,25,28-29,34,36-37,39-40H,2-8,15-21,23-24H2,1H3,(H,35,41)/t29-/m0/s1. The molecule has 1 heterocycles. The van der Waals surface area contributed by atoms with Crippen molar-refractivity contribution >= 4 is 27.4 Å². The number of aliphatic hydroxyl groups is 1. The summed E-state index contributed by atoms with van der Waals surface area (Å²) in [5, 5.41) is 30.1. The number of ether oxygens (including phenoxy) is 1. The number of benzene rings is 2. The number of aromatic hydroxyl groups is 1. The number of sulfonamides is 1. The molecule has 0 aromatic heterocycles. The Bertz CT molecular complexity index is 1300. The number of aliphatic hydroxyl groups excluding tert-OH is 1. The van der Waals surface area contributed by atoms with E-state index in [9.17, 15) is 23.4 Å². The maximum absolute atomic E-state index is 12.6. The highest BCUT2D eigenvalue weighted by molar-refractivity contribution is 7.92. The maximum Gasteiger partial charge on any atom is 0.317 e. The Hall–Kier alpha value is -3.22. The van der Waals surface area contributed by atoms with E-state index < -0.39 is 16.1 Å². The van der Waals surface area contributed by atoms with Crippen LogP contribution in [0.15, 0.2) is 42.5 Å². The highest BCUT2D eigenvalue weighted by Crippen LogP contribution is 2.29. The van der Waals surface area contributed by atoms with Gasteiger partial charge >= 0.3 is 6.03 Å². The van der Waals surface area contributed by atoms with Gasteiger partial charge in [0.15, 0.2) is 0 Å². The minimum Gasteiger partial charge on any atom is -0.506 e. The number of anilines is 2. The fourth-order valence-corrected chi connectivity index (χ4v) is 6.61. The van der Waals surface area contributed by atoms with Crippen LogP contribution in [0.2, 0.25) is 0 Å². The molecule has 2 aromatic carbocycles. The maximum atomic E-state index is 12.6. The van der Waals surface area contributed by atoms with Crippen molar-refractivity contribution in [1.29, 1.82) is 0 Å². The summed E-state index contributed by atoms with van der Waals surface area (Å²) in [6, 6.07) is 13.0. The molecule has 0 unspecified atom stereocenters. The lowest BCUT2D eigenvalue weighted by atomic mass is 9.86. The summed E-state index contributed by atoms with van der Waals surface area (Å²) in [6.07, 6.45) is 12.1. The fraction of sp³-hybridized carbons (Fsp3) is 0.606. The molecule has 12 heteroatoms. The number of likely N-dealkylation sites (tertiary alicyclic amines) is 1. The predicted octanol–water partition coefficient (Wildman–Crippen LogP) is 4.28. The van der Waals surface area contributed by atoms with Crippen LogP contribution in [0.25, 0.3) is 0 Å². The number of piperidine rings is 1. The van der Waals surface area contributed by atoms with Crippen LogP contribution in [0.3, 0.4) is 0 Å². The Balaban J connectivity index is 1.06. The van der Waals surface area contributed by atoms with E-state index >= 15 is 0 Å². The molecule has 1 atom stereocenters. The summed E-state index contributed by atoms with van der Waals surface area (Å²) in [5.41, 5.74) is 2.28. The van der Waals surface area contributed by atoms with Gasteiger partial charge in [-0.3, -0.25) is 4.72 Å². The molecule has 6 N–H and O–H groups in total. The Labute approximate surface area is 268 Å². The van der Waals surface area contributed by atoms with Gasteiger partial charge in [-0.2, -0.15) is 0 Å². The molecule has 1 saturated heterocycles. The Morgan fingerprint density at radius 3 is 2.47 bits per heavy atom. The SMILES string of the molecule is CS(=O)(=O)Nc1cc(OC[C@@H](O)CNCCc2ccc(NC3CCN(C(=O)NCCCC4CCCCC4)CC3)cc2)ccc1O. The summed E-state index contributed by atoms with van der Waals surface area (Å²) in [4.78, 5) is 14.5. The molecule has 2 fully saturated rings. The monoisotopic (exact) mass is 645 g/mol. The molecular weight excluding hydrogens is 594 g/mol. The molecule has 250 valence electrons. The molecule has 4 rings (SSSR count). The quantitative estimate of drug-likeness (QED) is 0.117. The second kappa shape index (κ2) is 17.5. The van der Waals surface area contributed by atoms with Crippen molar-refractivity contribution in [1.82, 2.24) is 15.5 Å². The van der Waals surface area contributed by atoms with E-state index in [0.717, 1.165) is 63.2 Å². The van der Waals surface area contributed by atoms with Crippen LogP contribution in [-0.4, -0.2) is 87.3 Å². The topological polar surface area (TPSA) is 152 Å². The van der Waals surface area contributed by atoms with Gasteiger partial charge in [0.1, 0.15) is 24.2 Å². The van der Waals surface area contributed by atoms with Crippen LogP contribution in [-0.2, 0) is 16.4 Å². The van der Waals surface area contributed by atoms with E-state index in [4.69, 9.17) is 4.74 Å².